The van der Waals surface area contributed by atoms with Crippen molar-refractivity contribution in [1.29, 1.82) is 0 Å². The summed E-state index contributed by atoms with van der Waals surface area (Å²) < 4.78 is 4.99. The van der Waals surface area contributed by atoms with Gasteiger partial charge in [-0.1, -0.05) is 0 Å². The molecule has 20 heavy (non-hydrogen) atoms. The fraction of sp³-hybridized carbons (Fsp3) is 0.133. The maximum atomic E-state index is 11.7. The number of fused-ring (bicyclic) bond motifs is 1. The molecule has 5 heteroatoms. The minimum absolute atomic E-state index is 0.325. The molecule has 0 radical (unpaired) electrons. The third-order valence-corrected chi connectivity index (χ3v) is 2.95. The number of nitrogens with zero attached hydrogens (tertiary/aromatic N) is 2. The first kappa shape index (κ1) is 12.3. The van der Waals surface area contributed by atoms with Gasteiger partial charge in [0.1, 0.15) is 5.82 Å². The summed E-state index contributed by atoms with van der Waals surface area (Å²) >= 11 is 0. The molecule has 0 atom stereocenters. The van der Waals surface area contributed by atoms with Crippen molar-refractivity contribution in [3.05, 3.63) is 48.3 Å². The molecule has 0 spiro atoms. The smallest absolute Gasteiger partial charge is 0.338 e. The van der Waals surface area contributed by atoms with Crippen LogP contribution < -0.4 is 0 Å². The quantitative estimate of drug-likeness (QED) is 0.741. The predicted molar refractivity (Wildman–Crippen MR) is 75.3 cm³/mol. The van der Waals surface area contributed by atoms with E-state index in [1.807, 2.05) is 18.2 Å². The van der Waals surface area contributed by atoms with Crippen LogP contribution in [0.2, 0.25) is 0 Å². The fourth-order valence-electron chi connectivity index (χ4n) is 2.00. The van der Waals surface area contributed by atoms with E-state index in [2.05, 4.69) is 15.0 Å². The number of aromatic amines is 1. The first-order valence-electron chi connectivity index (χ1n) is 6.35. The zero-order valence-electron chi connectivity index (χ0n) is 11.0. The molecule has 0 unspecified atom stereocenters. The van der Waals surface area contributed by atoms with Gasteiger partial charge in [-0.2, -0.15) is 0 Å². The number of imidazole rings is 1. The minimum atomic E-state index is -0.325. The number of carbonyl (C=O) groups is 1. The Hall–Kier alpha value is -2.69. The molecule has 2 aromatic heterocycles. The number of hydrogen-bond acceptors (Lipinski definition) is 4. The molecule has 0 aliphatic carbocycles. The number of pyridine rings is 1. The highest BCUT2D eigenvalue weighted by molar-refractivity contribution is 5.94. The van der Waals surface area contributed by atoms with Crippen molar-refractivity contribution in [2.75, 3.05) is 6.61 Å². The Labute approximate surface area is 115 Å². The van der Waals surface area contributed by atoms with E-state index < -0.39 is 0 Å². The zero-order valence-corrected chi connectivity index (χ0v) is 11.0. The lowest BCUT2D eigenvalue weighted by molar-refractivity contribution is 0.0526. The van der Waals surface area contributed by atoms with Crippen LogP contribution in [0.3, 0.4) is 0 Å². The van der Waals surface area contributed by atoms with Crippen molar-refractivity contribution in [1.82, 2.24) is 15.0 Å². The topological polar surface area (TPSA) is 67.9 Å². The van der Waals surface area contributed by atoms with Gasteiger partial charge in [0.15, 0.2) is 0 Å². The Morgan fingerprint density at radius 3 is 2.80 bits per heavy atom. The fourth-order valence-corrected chi connectivity index (χ4v) is 2.00. The Balaban J connectivity index is 2.02. The number of ether oxygens (including phenoxy) is 1. The van der Waals surface area contributed by atoms with Gasteiger partial charge in [0.2, 0.25) is 0 Å². The van der Waals surface area contributed by atoms with Gasteiger partial charge in [0.05, 0.1) is 23.2 Å². The number of rotatable bonds is 3. The highest BCUT2D eigenvalue weighted by Crippen LogP contribution is 2.20. The number of aromatic nitrogens is 3. The van der Waals surface area contributed by atoms with Crippen LogP contribution in [0.5, 0.6) is 0 Å². The largest absolute Gasteiger partial charge is 0.462 e. The molecule has 0 saturated carbocycles. The zero-order chi connectivity index (χ0) is 13.9. The van der Waals surface area contributed by atoms with E-state index in [9.17, 15) is 4.79 Å². The molecule has 0 fully saturated rings. The van der Waals surface area contributed by atoms with E-state index in [0.29, 0.717) is 12.2 Å². The van der Waals surface area contributed by atoms with Crippen molar-refractivity contribution < 1.29 is 9.53 Å². The lowest BCUT2D eigenvalue weighted by atomic mass is 10.2. The van der Waals surface area contributed by atoms with E-state index in [1.165, 1.54) is 0 Å². The first-order chi connectivity index (χ1) is 9.78. The normalized spacial score (nSPS) is 10.7. The van der Waals surface area contributed by atoms with Crippen molar-refractivity contribution in [3.63, 3.8) is 0 Å². The molecule has 100 valence electrons. The molecule has 0 saturated heterocycles. The molecule has 2 heterocycles. The molecule has 0 aliphatic heterocycles. The number of nitrogens with one attached hydrogen (secondary N) is 1. The lowest BCUT2D eigenvalue weighted by Gasteiger charge is -2.00. The summed E-state index contributed by atoms with van der Waals surface area (Å²) in [6.45, 7) is 2.15. The number of hydrogen-bond donors (Lipinski definition) is 1. The second kappa shape index (κ2) is 5.13. The third kappa shape index (κ3) is 2.25. The van der Waals surface area contributed by atoms with Gasteiger partial charge in [-0.15, -0.1) is 0 Å². The Morgan fingerprint density at radius 2 is 2.05 bits per heavy atom. The molecule has 0 aliphatic rings. The second-order valence-corrected chi connectivity index (χ2v) is 4.27. The molecule has 0 amide bonds. The van der Waals surface area contributed by atoms with Gasteiger partial charge < -0.3 is 9.72 Å². The summed E-state index contributed by atoms with van der Waals surface area (Å²) in [7, 11) is 0. The Kier molecular flexibility index (Phi) is 3.16. The molecular formula is C15H13N3O2. The maximum absolute atomic E-state index is 11.7. The summed E-state index contributed by atoms with van der Waals surface area (Å²) in [5.74, 6) is 0.429. The summed E-state index contributed by atoms with van der Waals surface area (Å²) in [6.07, 6.45) is 3.43. The molecule has 1 N–H and O–H groups in total. The van der Waals surface area contributed by atoms with Crippen molar-refractivity contribution in [2.24, 2.45) is 0 Å². The molecule has 3 aromatic rings. The van der Waals surface area contributed by atoms with Gasteiger partial charge >= 0.3 is 5.97 Å². The number of H-pyrrole nitrogens is 1. The van der Waals surface area contributed by atoms with Gasteiger partial charge in [0.25, 0.3) is 0 Å². The van der Waals surface area contributed by atoms with Gasteiger partial charge in [-0.05, 0) is 37.3 Å². The number of benzene rings is 1. The number of carbonyl (C=O) groups excluding carboxylic acids is 1. The second-order valence-electron chi connectivity index (χ2n) is 4.27. The van der Waals surface area contributed by atoms with E-state index >= 15 is 0 Å². The standard InChI is InChI=1S/C15H13N3O2/c1-2-20-15(19)11-3-4-12-13(9-11)18-14(17-12)10-5-7-16-8-6-10/h3-9H,2H2,1H3,(H,17,18). The van der Waals surface area contributed by atoms with Crippen LogP contribution in [-0.2, 0) is 4.74 Å². The van der Waals surface area contributed by atoms with Crippen LogP contribution >= 0.6 is 0 Å². The van der Waals surface area contributed by atoms with E-state index in [-0.39, 0.29) is 5.97 Å². The summed E-state index contributed by atoms with van der Waals surface area (Å²) in [5, 5.41) is 0. The van der Waals surface area contributed by atoms with Crippen molar-refractivity contribution in [3.8, 4) is 11.4 Å². The molecule has 0 bridgehead atoms. The van der Waals surface area contributed by atoms with Crippen LogP contribution in [0.4, 0.5) is 0 Å². The SMILES string of the molecule is CCOC(=O)c1ccc2nc(-c3ccncc3)[nH]c2c1. The average Bonchev–Trinajstić information content (AvgIpc) is 2.91. The highest BCUT2D eigenvalue weighted by Gasteiger charge is 2.10. The first-order valence-corrected chi connectivity index (χ1v) is 6.35. The van der Waals surface area contributed by atoms with Crippen LogP contribution in [0.25, 0.3) is 22.4 Å². The van der Waals surface area contributed by atoms with Gasteiger partial charge in [-0.3, -0.25) is 4.98 Å². The molecular weight excluding hydrogens is 254 g/mol. The van der Waals surface area contributed by atoms with Gasteiger partial charge in [0, 0.05) is 18.0 Å². The molecule has 1 aromatic carbocycles. The van der Waals surface area contributed by atoms with E-state index in [1.54, 1.807) is 31.5 Å². The highest BCUT2D eigenvalue weighted by atomic mass is 16.5. The van der Waals surface area contributed by atoms with Crippen LogP contribution in [0, 0.1) is 0 Å². The van der Waals surface area contributed by atoms with Crippen LogP contribution in [0.15, 0.2) is 42.7 Å². The minimum Gasteiger partial charge on any atom is -0.462 e. The average molecular weight is 267 g/mol. The van der Waals surface area contributed by atoms with Crippen LogP contribution in [0.1, 0.15) is 17.3 Å². The predicted octanol–water partition coefficient (Wildman–Crippen LogP) is 2.80. The van der Waals surface area contributed by atoms with E-state index in [4.69, 9.17) is 4.74 Å². The van der Waals surface area contributed by atoms with Crippen LogP contribution in [-0.4, -0.2) is 27.5 Å². The Bertz CT molecular complexity index is 750. The molecule has 3 rings (SSSR count). The monoisotopic (exact) mass is 267 g/mol. The summed E-state index contributed by atoms with van der Waals surface area (Å²) in [6, 6.07) is 9.04. The summed E-state index contributed by atoms with van der Waals surface area (Å²) in [4.78, 5) is 23.4. The van der Waals surface area contributed by atoms with E-state index in [0.717, 1.165) is 22.4 Å². The molecule has 5 nitrogen and oxygen atoms in total. The summed E-state index contributed by atoms with van der Waals surface area (Å²) in [5.41, 5.74) is 3.09. The van der Waals surface area contributed by atoms with Crippen molar-refractivity contribution >= 4 is 17.0 Å². The maximum Gasteiger partial charge on any atom is 0.338 e. The third-order valence-electron chi connectivity index (χ3n) is 2.95. The van der Waals surface area contributed by atoms with Gasteiger partial charge in [-0.25, -0.2) is 9.78 Å². The lowest BCUT2D eigenvalue weighted by Crippen LogP contribution is -2.04. The Morgan fingerprint density at radius 1 is 1.25 bits per heavy atom. The van der Waals surface area contributed by atoms with Crippen molar-refractivity contribution in [2.45, 2.75) is 6.92 Å². The number of esters is 1.